The van der Waals surface area contributed by atoms with Gasteiger partial charge in [-0.05, 0) is 48.9 Å². The normalized spacial score (nSPS) is 10.7. The van der Waals surface area contributed by atoms with Crippen LogP contribution in [0, 0.1) is 6.92 Å². The largest absolute Gasteiger partial charge is 0.494 e. The van der Waals surface area contributed by atoms with Crippen molar-refractivity contribution < 1.29 is 14.3 Å². The number of hydrogen-bond acceptors (Lipinski definition) is 7. The maximum atomic E-state index is 11.9. The summed E-state index contributed by atoms with van der Waals surface area (Å²) in [5, 5.41) is 17.3. The molecular formula is C16H22N6O3S. The summed E-state index contributed by atoms with van der Waals surface area (Å²) in [5.74, 6) is 0.204. The molecular weight excluding hydrogens is 356 g/mol. The van der Waals surface area contributed by atoms with Crippen LogP contribution in [0.2, 0.25) is 0 Å². The molecule has 0 unspecified atom stereocenters. The van der Waals surface area contributed by atoms with E-state index < -0.39 is 0 Å². The number of ether oxygens (including phenoxy) is 1. The minimum absolute atomic E-state index is 0.0303. The van der Waals surface area contributed by atoms with Gasteiger partial charge in [0.2, 0.25) is 17.0 Å². The van der Waals surface area contributed by atoms with E-state index in [1.54, 1.807) is 7.11 Å². The lowest BCUT2D eigenvalue weighted by molar-refractivity contribution is -0.125. The first-order chi connectivity index (χ1) is 12.4. The molecule has 2 aromatic rings. The summed E-state index contributed by atoms with van der Waals surface area (Å²) in [6.45, 7) is 5.61. The first-order valence-corrected chi connectivity index (χ1v) is 9.01. The number of amides is 2. The molecule has 1 aromatic carbocycles. The zero-order valence-corrected chi connectivity index (χ0v) is 16.0. The summed E-state index contributed by atoms with van der Waals surface area (Å²) in [6.07, 6.45) is 0. The van der Waals surface area contributed by atoms with Crippen LogP contribution in [0.25, 0.3) is 5.69 Å². The van der Waals surface area contributed by atoms with E-state index in [0.717, 1.165) is 5.56 Å². The Balaban J connectivity index is 1.98. The molecule has 0 radical (unpaired) electrons. The van der Waals surface area contributed by atoms with Crippen LogP contribution < -0.4 is 15.4 Å². The van der Waals surface area contributed by atoms with Gasteiger partial charge in [0.05, 0.1) is 19.4 Å². The van der Waals surface area contributed by atoms with Crippen LogP contribution in [0.5, 0.6) is 5.75 Å². The lowest BCUT2D eigenvalue weighted by atomic mass is 10.2. The average Bonchev–Trinajstić information content (AvgIpc) is 3.06. The molecule has 0 spiro atoms. The van der Waals surface area contributed by atoms with Crippen molar-refractivity contribution in [2.75, 3.05) is 19.4 Å². The topological polar surface area (TPSA) is 111 Å². The fourth-order valence-corrected chi connectivity index (χ4v) is 2.83. The van der Waals surface area contributed by atoms with Gasteiger partial charge in [-0.2, -0.15) is 4.68 Å². The summed E-state index contributed by atoms with van der Waals surface area (Å²) in [6, 6.07) is 5.69. The van der Waals surface area contributed by atoms with Crippen LogP contribution in [0.15, 0.2) is 23.4 Å². The van der Waals surface area contributed by atoms with Gasteiger partial charge in [0.15, 0.2) is 0 Å². The second kappa shape index (κ2) is 9.18. The fourth-order valence-electron chi connectivity index (χ4n) is 2.12. The number of thioether (sulfide) groups is 1. The number of aryl methyl sites for hydroxylation is 1. The molecule has 140 valence electrons. The lowest BCUT2D eigenvalue weighted by Crippen LogP contribution is -2.40. The van der Waals surface area contributed by atoms with E-state index in [0.29, 0.717) is 16.6 Å². The van der Waals surface area contributed by atoms with Gasteiger partial charge in [0, 0.05) is 6.04 Å². The van der Waals surface area contributed by atoms with Gasteiger partial charge >= 0.3 is 0 Å². The molecule has 9 nitrogen and oxygen atoms in total. The summed E-state index contributed by atoms with van der Waals surface area (Å²) in [5.41, 5.74) is 1.72. The molecule has 0 bridgehead atoms. The Labute approximate surface area is 155 Å². The van der Waals surface area contributed by atoms with Crippen LogP contribution in [0.4, 0.5) is 0 Å². The van der Waals surface area contributed by atoms with Gasteiger partial charge in [-0.3, -0.25) is 9.59 Å². The van der Waals surface area contributed by atoms with Crippen molar-refractivity contribution in [3.05, 3.63) is 23.8 Å². The fraction of sp³-hybridized carbons (Fsp3) is 0.438. The first kappa shape index (κ1) is 19.7. The standard InChI is InChI=1S/C16H22N6O3S/c1-10(2)18-14(23)8-17-15(24)9-26-16-19-20-21-22(16)12-7-11(3)5-6-13(12)25-4/h5-7,10H,8-9H2,1-4H3,(H,17,24)(H,18,23). The number of carbonyl (C=O) groups is 2. The van der Waals surface area contributed by atoms with Crippen LogP contribution in [0.1, 0.15) is 19.4 Å². The third-order valence-corrected chi connectivity index (χ3v) is 4.15. The second-order valence-electron chi connectivity index (χ2n) is 5.84. The maximum Gasteiger partial charge on any atom is 0.239 e. The molecule has 10 heteroatoms. The quantitative estimate of drug-likeness (QED) is 0.651. The molecule has 0 aliphatic heterocycles. The number of aromatic nitrogens is 4. The molecule has 0 saturated carbocycles. The van der Waals surface area contributed by atoms with E-state index in [4.69, 9.17) is 4.74 Å². The van der Waals surface area contributed by atoms with Crippen LogP contribution >= 0.6 is 11.8 Å². The van der Waals surface area contributed by atoms with Crippen molar-refractivity contribution in [3.63, 3.8) is 0 Å². The molecule has 0 saturated heterocycles. The van der Waals surface area contributed by atoms with Crippen molar-refractivity contribution >= 4 is 23.6 Å². The van der Waals surface area contributed by atoms with E-state index in [1.807, 2.05) is 39.0 Å². The SMILES string of the molecule is COc1ccc(C)cc1-n1nnnc1SCC(=O)NCC(=O)NC(C)C. The van der Waals surface area contributed by atoms with Gasteiger partial charge in [0.1, 0.15) is 11.4 Å². The van der Waals surface area contributed by atoms with Gasteiger partial charge in [-0.25, -0.2) is 0 Å². The zero-order valence-electron chi connectivity index (χ0n) is 15.1. The smallest absolute Gasteiger partial charge is 0.239 e. The molecule has 2 N–H and O–H groups in total. The second-order valence-corrected chi connectivity index (χ2v) is 6.78. The van der Waals surface area contributed by atoms with Crippen molar-refractivity contribution in [2.45, 2.75) is 32.0 Å². The number of rotatable bonds is 8. The Kier molecular flexibility index (Phi) is 6.96. The predicted molar refractivity (Wildman–Crippen MR) is 97.5 cm³/mol. The Bertz CT molecular complexity index is 777. The van der Waals surface area contributed by atoms with E-state index in [1.165, 1.54) is 16.4 Å². The van der Waals surface area contributed by atoms with Crippen LogP contribution in [-0.2, 0) is 9.59 Å². The van der Waals surface area contributed by atoms with E-state index in [9.17, 15) is 9.59 Å². The summed E-state index contributed by atoms with van der Waals surface area (Å²) in [4.78, 5) is 23.5. The Morgan fingerprint density at radius 3 is 2.77 bits per heavy atom. The number of nitrogens with zero attached hydrogens (tertiary/aromatic N) is 4. The number of hydrogen-bond donors (Lipinski definition) is 2. The Hall–Kier alpha value is -2.62. The molecule has 1 aromatic heterocycles. The number of carbonyl (C=O) groups excluding carboxylic acids is 2. The van der Waals surface area contributed by atoms with Crippen molar-refractivity contribution in [3.8, 4) is 11.4 Å². The Morgan fingerprint density at radius 2 is 2.08 bits per heavy atom. The number of benzene rings is 1. The van der Waals surface area contributed by atoms with E-state index in [-0.39, 0.29) is 30.2 Å². The minimum Gasteiger partial charge on any atom is -0.494 e. The molecule has 0 aliphatic carbocycles. The minimum atomic E-state index is -0.278. The van der Waals surface area contributed by atoms with Gasteiger partial charge in [-0.1, -0.05) is 17.8 Å². The van der Waals surface area contributed by atoms with E-state index in [2.05, 4.69) is 26.2 Å². The van der Waals surface area contributed by atoms with Gasteiger partial charge < -0.3 is 15.4 Å². The van der Waals surface area contributed by atoms with Crippen LogP contribution in [0.3, 0.4) is 0 Å². The van der Waals surface area contributed by atoms with Crippen molar-refractivity contribution in [1.29, 1.82) is 0 Å². The highest BCUT2D eigenvalue weighted by molar-refractivity contribution is 7.99. The van der Waals surface area contributed by atoms with Crippen molar-refractivity contribution in [1.82, 2.24) is 30.8 Å². The number of nitrogens with one attached hydrogen (secondary N) is 2. The average molecular weight is 378 g/mol. The highest BCUT2D eigenvalue weighted by Gasteiger charge is 2.15. The molecule has 0 atom stereocenters. The lowest BCUT2D eigenvalue weighted by Gasteiger charge is -2.11. The van der Waals surface area contributed by atoms with Gasteiger partial charge in [-0.15, -0.1) is 5.10 Å². The molecule has 0 fully saturated rings. The maximum absolute atomic E-state index is 11.9. The molecule has 2 rings (SSSR count). The van der Waals surface area contributed by atoms with Gasteiger partial charge in [0.25, 0.3) is 0 Å². The molecule has 1 heterocycles. The molecule has 2 amide bonds. The molecule has 0 aliphatic rings. The predicted octanol–water partition coefficient (Wildman–Crippen LogP) is 0.712. The molecule has 26 heavy (non-hydrogen) atoms. The number of methoxy groups -OCH3 is 1. The monoisotopic (exact) mass is 378 g/mol. The van der Waals surface area contributed by atoms with E-state index >= 15 is 0 Å². The highest BCUT2D eigenvalue weighted by atomic mass is 32.2. The highest BCUT2D eigenvalue weighted by Crippen LogP contribution is 2.26. The summed E-state index contributed by atoms with van der Waals surface area (Å²) in [7, 11) is 1.57. The number of tetrazole rings is 1. The zero-order chi connectivity index (χ0) is 19.1. The van der Waals surface area contributed by atoms with Crippen LogP contribution in [-0.4, -0.2) is 57.5 Å². The first-order valence-electron chi connectivity index (χ1n) is 8.03. The Morgan fingerprint density at radius 1 is 1.31 bits per heavy atom. The third-order valence-electron chi connectivity index (χ3n) is 3.23. The summed E-state index contributed by atoms with van der Waals surface area (Å²) < 4.78 is 6.87. The summed E-state index contributed by atoms with van der Waals surface area (Å²) >= 11 is 1.17. The van der Waals surface area contributed by atoms with Crippen molar-refractivity contribution in [2.24, 2.45) is 0 Å². The third kappa shape index (κ3) is 5.45.